The molecule has 0 bridgehead atoms. The van der Waals surface area contributed by atoms with E-state index >= 15 is 0 Å². The number of pyridine rings is 1. The monoisotopic (exact) mass is 204 g/mol. The van der Waals surface area contributed by atoms with Crippen LogP contribution in [0.15, 0.2) is 41.7 Å². The Labute approximate surface area is 90.5 Å². The summed E-state index contributed by atoms with van der Waals surface area (Å²) in [7, 11) is 0. The average Bonchev–Trinajstić information content (AvgIpc) is 2.29. The van der Waals surface area contributed by atoms with Gasteiger partial charge in [0.15, 0.2) is 0 Å². The van der Waals surface area contributed by atoms with Crippen molar-refractivity contribution in [1.29, 1.82) is 0 Å². The molecular weight excluding hydrogens is 188 g/mol. The summed E-state index contributed by atoms with van der Waals surface area (Å²) in [6.07, 6.45) is 2.65. The maximum atomic E-state index is 5.15. The van der Waals surface area contributed by atoms with Gasteiger partial charge in [-0.2, -0.15) is 0 Å². The van der Waals surface area contributed by atoms with Crippen LogP contribution in [0.1, 0.15) is 26.0 Å². The fourth-order valence-electron chi connectivity index (χ4n) is 0.946. The topological polar surface area (TPSA) is 34.5 Å². The van der Waals surface area contributed by atoms with E-state index in [2.05, 4.69) is 16.7 Å². The van der Waals surface area contributed by atoms with E-state index in [1.807, 2.05) is 32.0 Å². The Hall–Kier alpha value is -1.64. The second-order valence-corrected chi connectivity index (χ2v) is 3.27. The third-order valence-electron chi connectivity index (χ3n) is 2.01. The fraction of sp³-hybridized carbons (Fsp3) is 0.333. The molecule has 0 aliphatic rings. The second kappa shape index (κ2) is 5.96. The maximum absolute atomic E-state index is 5.15. The lowest BCUT2D eigenvalue weighted by Gasteiger charge is -2.02. The van der Waals surface area contributed by atoms with Crippen LogP contribution in [0.2, 0.25) is 0 Å². The minimum Gasteiger partial charge on any atom is -0.391 e. The molecule has 0 atom stereocenters. The first-order valence-electron chi connectivity index (χ1n) is 4.98. The van der Waals surface area contributed by atoms with Crippen LogP contribution in [0.25, 0.3) is 0 Å². The highest BCUT2D eigenvalue weighted by Gasteiger charge is 1.97. The van der Waals surface area contributed by atoms with Gasteiger partial charge in [0.25, 0.3) is 0 Å². The molecule has 1 rings (SSSR count). The Morgan fingerprint density at radius 3 is 2.93 bits per heavy atom. The number of hydrogen-bond donors (Lipinski definition) is 0. The molecule has 0 unspecified atom stereocenters. The van der Waals surface area contributed by atoms with E-state index in [9.17, 15) is 0 Å². The smallest absolute Gasteiger partial charge is 0.138 e. The zero-order valence-electron chi connectivity index (χ0n) is 9.23. The molecule has 15 heavy (non-hydrogen) atoms. The first-order chi connectivity index (χ1) is 7.24. The predicted octanol–water partition coefficient (Wildman–Crippen LogP) is 2.79. The molecule has 1 heterocycles. The number of aromatic nitrogens is 1. The highest BCUT2D eigenvalue weighted by Crippen LogP contribution is 2.00. The summed E-state index contributed by atoms with van der Waals surface area (Å²) >= 11 is 0. The standard InChI is InChI=1S/C12H16N2O/c1-4-10(2)9-15-14-11(3)12-7-5-6-8-13-12/h5-8H,2,4,9H2,1,3H3/b14-11+. The summed E-state index contributed by atoms with van der Waals surface area (Å²) < 4.78 is 0. The van der Waals surface area contributed by atoms with Crippen LogP contribution in [0.4, 0.5) is 0 Å². The Kier molecular flexibility index (Phi) is 4.54. The molecule has 0 saturated carbocycles. The summed E-state index contributed by atoms with van der Waals surface area (Å²) in [4.78, 5) is 9.31. The second-order valence-electron chi connectivity index (χ2n) is 3.27. The van der Waals surface area contributed by atoms with Crippen LogP contribution in [0, 0.1) is 0 Å². The van der Waals surface area contributed by atoms with Crippen LogP contribution in [-0.4, -0.2) is 17.3 Å². The Morgan fingerprint density at radius 1 is 1.53 bits per heavy atom. The molecule has 0 aromatic carbocycles. The first-order valence-corrected chi connectivity index (χ1v) is 4.98. The SMILES string of the molecule is C=C(CC)CO/N=C(\C)c1ccccn1. The van der Waals surface area contributed by atoms with Gasteiger partial charge in [0.05, 0.1) is 5.69 Å². The Bertz CT molecular complexity index is 344. The number of rotatable bonds is 5. The molecular formula is C12H16N2O. The fourth-order valence-corrected chi connectivity index (χ4v) is 0.946. The summed E-state index contributed by atoms with van der Waals surface area (Å²) in [5.74, 6) is 0. The van der Waals surface area contributed by atoms with Crippen molar-refractivity contribution in [2.45, 2.75) is 20.3 Å². The molecule has 0 spiro atoms. The van der Waals surface area contributed by atoms with Crippen molar-refractivity contribution in [2.75, 3.05) is 6.61 Å². The molecule has 3 heteroatoms. The molecule has 1 aromatic heterocycles. The first kappa shape index (κ1) is 11.4. The Balaban J connectivity index is 2.50. The summed E-state index contributed by atoms with van der Waals surface area (Å²) in [5.41, 5.74) is 2.65. The van der Waals surface area contributed by atoms with E-state index < -0.39 is 0 Å². The van der Waals surface area contributed by atoms with Gasteiger partial charge < -0.3 is 4.84 Å². The molecule has 80 valence electrons. The van der Waals surface area contributed by atoms with Gasteiger partial charge in [0, 0.05) is 6.20 Å². The van der Waals surface area contributed by atoms with Gasteiger partial charge in [-0.15, -0.1) is 0 Å². The van der Waals surface area contributed by atoms with E-state index in [-0.39, 0.29) is 0 Å². The number of nitrogens with zero attached hydrogens (tertiary/aromatic N) is 2. The van der Waals surface area contributed by atoms with Gasteiger partial charge in [0.2, 0.25) is 0 Å². The zero-order chi connectivity index (χ0) is 11.1. The molecule has 3 nitrogen and oxygen atoms in total. The van der Waals surface area contributed by atoms with Crippen molar-refractivity contribution in [3.05, 3.63) is 42.2 Å². The lowest BCUT2D eigenvalue weighted by Crippen LogP contribution is -2.00. The molecule has 0 aliphatic heterocycles. The molecule has 0 aliphatic carbocycles. The highest BCUT2D eigenvalue weighted by atomic mass is 16.6. The van der Waals surface area contributed by atoms with Crippen LogP contribution in [-0.2, 0) is 4.84 Å². The van der Waals surface area contributed by atoms with Crippen molar-refractivity contribution < 1.29 is 4.84 Å². The lowest BCUT2D eigenvalue weighted by molar-refractivity contribution is 0.166. The molecule has 1 aromatic rings. The molecule has 0 saturated heterocycles. The van der Waals surface area contributed by atoms with Gasteiger partial charge in [-0.1, -0.05) is 24.7 Å². The van der Waals surface area contributed by atoms with E-state index in [0.29, 0.717) is 6.61 Å². The summed E-state index contributed by atoms with van der Waals surface area (Å²) in [5, 5.41) is 3.98. The van der Waals surface area contributed by atoms with Crippen molar-refractivity contribution in [3.8, 4) is 0 Å². The lowest BCUT2D eigenvalue weighted by atomic mass is 10.2. The van der Waals surface area contributed by atoms with Crippen molar-refractivity contribution in [2.24, 2.45) is 5.16 Å². The normalized spacial score (nSPS) is 11.2. The van der Waals surface area contributed by atoms with Crippen LogP contribution in [0.5, 0.6) is 0 Å². The van der Waals surface area contributed by atoms with Gasteiger partial charge in [-0.25, -0.2) is 0 Å². The largest absolute Gasteiger partial charge is 0.391 e. The van der Waals surface area contributed by atoms with E-state index in [0.717, 1.165) is 23.4 Å². The minimum atomic E-state index is 0.473. The van der Waals surface area contributed by atoms with Crippen molar-refractivity contribution in [1.82, 2.24) is 4.98 Å². The molecule has 0 radical (unpaired) electrons. The van der Waals surface area contributed by atoms with Crippen LogP contribution in [0.3, 0.4) is 0 Å². The van der Waals surface area contributed by atoms with E-state index in [1.165, 1.54) is 0 Å². The Morgan fingerprint density at radius 2 is 2.33 bits per heavy atom. The number of oxime groups is 1. The molecule has 0 fully saturated rings. The highest BCUT2D eigenvalue weighted by molar-refractivity contribution is 5.96. The average molecular weight is 204 g/mol. The summed E-state index contributed by atoms with van der Waals surface area (Å²) in [6.45, 7) is 8.22. The van der Waals surface area contributed by atoms with Gasteiger partial charge in [-0.3, -0.25) is 4.98 Å². The van der Waals surface area contributed by atoms with Gasteiger partial charge >= 0.3 is 0 Å². The van der Waals surface area contributed by atoms with Crippen LogP contribution >= 0.6 is 0 Å². The minimum absolute atomic E-state index is 0.473. The molecule has 0 amide bonds. The summed E-state index contributed by atoms with van der Waals surface area (Å²) in [6, 6.07) is 5.69. The van der Waals surface area contributed by atoms with Crippen molar-refractivity contribution >= 4 is 5.71 Å². The van der Waals surface area contributed by atoms with E-state index in [4.69, 9.17) is 4.84 Å². The zero-order valence-corrected chi connectivity index (χ0v) is 9.23. The maximum Gasteiger partial charge on any atom is 0.138 e. The van der Waals surface area contributed by atoms with Gasteiger partial charge in [0.1, 0.15) is 12.3 Å². The third-order valence-corrected chi connectivity index (χ3v) is 2.01. The van der Waals surface area contributed by atoms with Crippen LogP contribution < -0.4 is 0 Å². The van der Waals surface area contributed by atoms with Crippen molar-refractivity contribution in [3.63, 3.8) is 0 Å². The van der Waals surface area contributed by atoms with Gasteiger partial charge in [-0.05, 0) is 31.1 Å². The number of hydrogen-bond acceptors (Lipinski definition) is 3. The quantitative estimate of drug-likeness (QED) is 0.420. The molecule has 0 N–H and O–H groups in total. The predicted molar refractivity (Wildman–Crippen MR) is 61.8 cm³/mol. The van der Waals surface area contributed by atoms with E-state index in [1.54, 1.807) is 6.20 Å². The third kappa shape index (κ3) is 3.94.